The van der Waals surface area contributed by atoms with Crippen LogP contribution >= 0.6 is 0 Å². The average molecular weight is 565 g/mol. The Kier molecular flexibility index (Phi) is 5.29. The van der Waals surface area contributed by atoms with Gasteiger partial charge in [0.1, 0.15) is 0 Å². The molecular weight excluding hydrogens is 536 g/mol. The summed E-state index contributed by atoms with van der Waals surface area (Å²) < 4.78 is 4.80. The maximum absolute atomic E-state index is 4.90. The van der Waals surface area contributed by atoms with Crippen LogP contribution in [0.2, 0.25) is 0 Å². The molecule has 4 nitrogen and oxygen atoms in total. The molecule has 0 bridgehead atoms. The summed E-state index contributed by atoms with van der Waals surface area (Å²) in [7, 11) is 0. The molecule has 9 rings (SSSR count). The highest BCUT2D eigenvalue weighted by Gasteiger charge is 2.19. The molecule has 9 aromatic rings. The summed E-state index contributed by atoms with van der Waals surface area (Å²) in [5, 5.41) is 6.07. The maximum Gasteiger partial charge on any atom is 0.160 e. The zero-order valence-electron chi connectivity index (χ0n) is 24.5. The van der Waals surface area contributed by atoms with Crippen LogP contribution in [0.25, 0.3) is 77.3 Å². The molecular formula is C40H28N4. The number of para-hydroxylation sites is 4. The lowest BCUT2D eigenvalue weighted by molar-refractivity contribution is 1.12. The third-order valence-corrected chi connectivity index (χ3v) is 9.22. The first-order valence-electron chi connectivity index (χ1n) is 15.0. The van der Waals surface area contributed by atoms with Crippen LogP contribution in [-0.2, 0) is 0 Å². The Balaban J connectivity index is 1.26. The van der Waals surface area contributed by atoms with Gasteiger partial charge in [-0.25, -0.2) is 9.97 Å². The smallest absolute Gasteiger partial charge is 0.160 e. The van der Waals surface area contributed by atoms with Crippen molar-refractivity contribution in [1.29, 1.82) is 0 Å². The third kappa shape index (κ3) is 3.51. The molecule has 0 spiro atoms. The molecule has 0 aliphatic heterocycles. The van der Waals surface area contributed by atoms with Gasteiger partial charge in [-0.05, 0) is 79.6 Å². The molecule has 0 N–H and O–H groups in total. The van der Waals surface area contributed by atoms with E-state index in [-0.39, 0.29) is 0 Å². The van der Waals surface area contributed by atoms with Crippen molar-refractivity contribution < 1.29 is 0 Å². The van der Waals surface area contributed by atoms with Crippen molar-refractivity contribution in [1.82, 2.24) is 19.1 Å². The van der Waals surface area contributed by atoms with E-state index in [2.05, 4.69) is 132 Å². The van der Waals surface area contributed by atoms with Crippen molar-refractivity contribution in [2.45, 2.75) is 13.8 Å². The van der Waals surface area contributed by atoms with Gasteiger partial charge in [-0.3, -0.25) is 0 Å². The topological polar surface area (TPSA) is 35.6 Å². The fourth-order valence-electron chi connectivity index (χ4n) is 6.95. The highest BCUT2D eigenvalue weighted by Crippen LogP contribution is 2.38. The molecule has 6 aromatic carbocycles. The van der Waals surface area contributed by atoms with E-state index in [0.717, 1.165) is 28.0 Å². The largest absolute Gasteiger partial charge is 0.309 e. The fourth-order valence-corrected chi connectivity index (χ4v) is 6.95. The lowest BCUT2D eigenvalue weighted by Crippen LogP contribution is -2.01. The Morgan fingerprint density at radius 2 is 1.09 bits per heavy atom. The van der Waals surface area contributed by atoms with Gasteiger partial charge in [-0.1, -0.05) is 72.8 Å². The Labute approximate surface area is 254 Å². The summed E-state index contributed by atoms with van der Waals surface area (Å²) in [6, 6.07) is 45.5. The summed E-state index contributed by atoms with van der Waals surface area (Å²) in [6.45, 7) is 4.39. The van der Waals surface area contributed by atoms with Crippen LogP contribution in [0.1, 0.15) is 11.1 Å². The Hall–Kier alpha value is -5.74. The van der Waals surface area contributed by atoms with E-state index in [0.29, 0.717) is 0 Å². The molecule has 0 unspecified atom stereocenters. The van der Waals surface area contributed by atoms with Crippen molar-refractivity contribution in [3.05, 3.63) is 145 Å². The van der Waals surface area contributed by atoms with E-state index >= 15 is 0 Å². The van der Waals surface area contributed by atoms with Crippen molar-refractivity contribution in [2.24, 2.45) is 0 Å². The van der Waals surface area contributed by atoms with Crippen molar-refractivity contribution in [2.75, 3.05) is 0 Å². The van der Waals surface area contributed by atoms with Gasteiger partial charge in [-0.2, -0.15) is 0 Å². The summed E-state index contributed by atoms with van der Waals surface area (Å²) in [5.41, 5.74) is 11.6. The SMILES string of the molecule is Cc1c(-c2ncc3ccccc3n2)ccc(-n2c3ccccc3c3cc(-n4c5ccccc5c5ccccc54)ccc32)c1C. The number of hydrogen-bond donors (Lipinski definition) is 0. The molecule has 0 saturated carbocycles. The molecule has 0 aliphatic carbocycles. The lowest BCUT2D eigenvalue weighted by Gasteiger charge is -2.16. The van der Waals surface area contributed by atoms with Crippen LogP contribution in [0.4, 0.5) is 0 Å². The van der Waals surface area contributed by atoms with Crippen molar-refractivity contribution in [3.63, 3.8) is 0 Å². The van der Waals surface area contributed by atoms with Gasteiger partial charge >= 0.3 is 0 Å². The van der Waals surface area contributed by atoms with Crippen LogP contribution in [0.5, 0.6) is 0 Å². The van der Waals surface area contributed by atoms with Crippen LogP contribution in [0.3, 0.4) is 0 Å². The molecule has 0 aliphatic rings. The predicted molar refractivity (Wildman–Crippen MR) is 183 cm³/mol. The number of hydrogen-bond acceptors (Lipinski definition) is 2. The van der Waals surface area contributed by atoms with E-state index in [9.17, 15) is 0 Å². The standard InChI is InChI=1S/C40H28N4/c1-25-26(2)35(22-20-29(25)40-41-24-27-11-3-7-15-34(27)42-40)44-38-18-10-6-14-32(38)33-23-28(19-21-39(33)44)43-36-16-8-4-12-30(36)31-13-5-9-17-37(31)43/h3-24H,1-2H3. The van der Waals surface area contributed by atoms with Gasteiger partial charge in [0.05, 0.1) is 27.6 Å². The molecule has 0 fully saturated rings. The number of nitrogens with zero attached hydrogens (tertiary/aromatic N) is 4. The summed E-state index contributed by atoms with van der Waals surface area (Å²) >= 11 is 0. The Bertz CT molecular complexity index is 2530. The first-order valence-corrected chi connectivity index (χ1v) is 15.0. The molecule has 0 saturated heterocycles. The van der Waals surface area contributed by atoms with Gasteiger partial charge in [0.15, 0.2) is 5.82 Å². The molecule has 0 radical (unpaired) electrons. The van der Waals surface area contributed by atoms with Crippen molar-refractivity contribution in [3.8, 4) is 22.8 Å². The van der Waals surface area contributed by atoms with E-state index in [1.165, 1.54) is 60.4 Å². The van der Waals surface area contributed by atoms with Crippen LogP contribution in [0.15, 0.2) is 134 Å². The Morgan fingerprint density at radius 3 is 1.82 bits per heavy atom. The van der Waals surface area contributed by atoms with Gasteiger partial charge in [0.25, 0.3) is 0 Å². The second kappa shape index (κ2) is 9.38. The maximum atomic E-state index is 4.90. The van der Waals surface area contributed by atoms with E-state index in [4.69, 9.17) is 9.97 Å². The first-order chi connectivity index (χ1) is 21.7. The van der Waals surface area contributed by atoms with Crippen LogP contribution < -0.4 is 0 Å². The minimum atomic E-state index is 0.758. The predicted octanol–water partition coefficient (Wildman–Crippen LogP) is 10.1. The number of rotatable bonds is 3. The van der Waals surface area contributed by atoms with Gasteiger partial charge in [0.2, 0.25) is 0 Å². The van der Waals surface area contributed by atoms with Gasteiger partial charge < -0.3 is 9.13 Å². The lowest BCUT2D eigenvalue weighted by atomic mass is 10.0. The zero-order valence-corrected chi connectivity index (χ0v) is 24.5. The molecule has 3 heterocycles. The quantitative estimate of drug-likeness (QED) is 0.214. The first kappa shape index (κ1) is 24.8. The summed E-state index contributed by atoms with van der Waals surface area (Å²) in [6.07, 6.45) is 1.92. The van der Waals surface area contributed by atoms with E-state index in [1.807, 2.05) is 24.4 Å². The van der Waals surface area contributed by atoms with E-state index < -0.39 is 0 Å². The molecule has 44 heavy (non-hydrogen) atoms. The average Bonchev–Trinajstić information content (AvgIpc) is 3.58. The van der Waals surface area contributed by atoms with Gasteiger partial charge in [0, 0.05) is 50.1 Å². The Morgan fingerprint density at radius 1 is 0.500 bits per heavy atom. The second-order valence-electron chi connectivity index (χ2n) is 11.6. The minimum absolute atomic E-state index is 0.758. The number of aromatic nitrogens is 4. The normalized spacial score (nSPS) is 11.9. The number of benzene rings is 6. The molecule has 0 atom stereocenters. The van der Waals surface area contributed by atoms with Crippen LogP contribution in [-0.4, -0.2) is 19.1 Å². The summed E-state index contributed by atoms with van der Waals surface area (Å²) in [4.78, 5) is 9.62. The molecule has 4 heteroatoms. The van der Waals surface area contributed by atoms with Crippen LogP contribution in [0, 0.1) is 13.8 Å². The molecule has 208 valence electrons. The fraction of sp³-hybridized carbons (Fsp3) is 0.0500. The monoisotopic (exact) mass is 564 g/mol. The zero-order chi connectivity index (χ0) is 29.4. The van der Waals surface area contributed by atoms with Crippen molar-refractivity contribution >= 4 is 54.5 Å². The van der Waals surface area contributed by atoms with E-state index in [1.54, 1.807) is 0 Å². The summed E-state index contributed by atoms with van der Waals surface area (Å²) in [5.74, 6) is 0.758. The molecule has 0 amide bonds. The second-order valence-corrected chi connectivity index (χ2v) is 11.6. The highest BCUT2D eigenvalue weighted by molar-refractivity contribution is 6.12. The van der Waals surface area contributed by atoms with Gasteiger partial charge in [-0.15, -0.1) is 0 Å². The molecule has 3 aromatic heterocycles. The highest BCUT2D eigenvalue weighted by atomic mass is 15.0. The number of fused-ring (bicyclic) bond motifs is 7. The minimum Gasteiger partial charge on any atom is -0.309 e. The third-order valence-electron chi connectivity index (χ3n) is 9.22.